The Labute approximate surface area is 130 Å². The summed E-state index contributed by atoms with van der Waals surface area (Å²) in [5.74, 6) is 0.949. The number of rotatable bonds is 4. The molecule has 2 nitrogen and oxygen atoms in total. The first-order chi connectivity index (χ1) is 9.43. The van der Waals surface area contributed by atoms with E-state index in [-0.39, 0.29) is 4.75 Å². The van der Waals surface area contributed by atoms with Crippen LogP contribution in [-0.4, -0.2) is 18.0 Å². The smallest absolute Gasteiger partial charge is 0.0468 e. The Balaban J connectivity index is 0.000000286. The van der Waals surface area contributed by atoms with Crippen LogP contribution in [0.4, 0.5) is 0 Å². The molecule has 1 aliphatic heterocycles. The molecule has 1 saturated carbocycles. The predicted molar refractivity (Wildman–Crippen MR) is 90.8 cm³/mol. The van der Waals surface area contributed by atoms with Crippen LogP contribution in [0.3, 0.4) is 0 Å². The largest absolute Gasteiger partial charge is 0.381 e. The normalized spacial score (nSPS) is 22.4. The molecule has 2 N–H and O–H groups in total. The Morgan fingerprint density at radius 2 is 1.85 bits per heavy atom. The molecule has 2 aliphatic rings. The zero-order valence-corrected chi connectivity index (χ0v) is 14.4. The summed E-state index contributed by atoms with van der Waals surface area (Å²) in [6.07, 6.45) is 11.7. The lowest BCUT2D eigenvalue weighted by Gasteiger charge is -2.49. The van der Waals surface area contributed by atoms with Crippen LogP contribution < -0.4 is 5.14 Å². The molecular formula is C17H33NOS. The number of hydrogen-bond donors (Lipinski definition) is 1. The molecule has 3 heteroatoms. The van der Waals surface area contributed by atoms with Gasteiger partial charge in [-0.25, -0.2) is 0 Å². The van der Waals surface area contributed by atoms with Crippen molar-refractivity contribution in [3.05, 3.63) is 12.7 Å². The summed E-state index contributed by atoms with van der Waals surface area (Å²) < 4.78 is 5.68. The maximum atomic E-state index is 5.45. The van der Waals surface area contributed by atoms with Gasteiger partial charge in [-0.2, -0.15) is 0 Å². The lowest BCUT2D eigenvalue weighted by molar-refractivity contribution is -0.0353. The van der Waals surface area contributed by atoms with Crippen molar-refractivity contribution in [3.8, 4) is 0 Å². The Kier molecular flexibility index (Phi) is 7.63. The van der Waals surface area contributed by atoms with Gasteiger partial charge in [0, 0.05) is 18.0 Å². The van der Waals surface area contributed by atoms with Gasteiger partial charge in [-0.3, -0.25) is 5.14 Å². The summed E-state index contributed by atoms with van der Waals surface area (Å²) >= 11 is 1.38. The van der Waals surface area contributed by atoms with Crippen LogP contribution in [0.5, 0.6) is 0 Å². The van der Waals surface area contributed by atoms with E-state index < -0.39 is 0 Å². The van der Waals surface area contributed by atoms with Crippen molar-refractivity contribution in [1.29, 1.82) is 0 Å². The number of hydrogen-bond acceptors (Lipinski definition) is 3. The van der Waals surface area contributed by atoms with Crippen LogP contribution in [0.2, 0.25) is 0 Å². The summed E-state index contributed by atoms with van der Waals surface area (Å²) in [5, 5.41) is 5.22. The molecule has 0 aromatic carbocycles. The zero-order chi connectivity index (χ0) is 15.1. The monoisotopic (exact) mass is 299 g/mol. The molecule has 20 heavy (non-hydrogen) atoms. The maximum absolute atomic E-state index is 5.45. The van der Waals surface area contributed by atoms with E-state index in [1.54, 1.807) is 0 Å². The van der Waals surface area contributed by atoms with Crippen molar-refractivity contribution in [2.75, 3.05) is 13.2 Å². The zero-order valence-electron chi connectivity index (χ0n) is 13.6. The molecule has 1 saturated heterocycles. The van der Waals surface area contributed by atoms with E-state index in [9.17, 15) is 0 Å². The fraction of sp³-hybridized carbons (Fsp3) is 0.882. The standard InChI is InChI=1S/C13H22O.C4H11NS/c1-2-3-7-13(8-4-9-13)12-5-10-14-11-6-12;1-4(2,3)6-5/h2,12H,1,3-11H2;5H2,1-3H3. The molecule has 1 heterocycles. The van der Waals surface area contributed by atoms with Crippen LogP contribution in [0.1, 0.15) is 65.7 Å². The molecule has 2 rings (SSSR count). The Morgan fingerprint density at radius 3 is 2.20 bits per heavy atom. The first kappa shape index (κ1) is 18.1. The second kappa shape index (κ2) is 8.45. The molecule has 0 radical (unpaired) electrons. The van der Waals surface area contributed by atoms with E-state index in [0.717, 1.165) is 19.1 Å². The fourth-order valence-corrected chi connectivity index (χ4v) is 3.19. The average molecular weight is 300 g/mol. The van der Waals surface area contributed by atoms with Crippen LogP contribution in [0, 0.1) is 11.3 Å². The molecule has 118 valence electrons. The summed E-state index contributed by atoms with van der Waals surface area (Å²) in [7, 11) is 0. The van der Waals surface area contributed by atoms with Crippen molar-refractivity contribution < 1.29 is 4.74 Å². The van der Waals surface area contributed by atoms with Crippen molar-refractivity contribution in [3.63, 3.8) is 0 Å². The first-order valence-corrected chi connectivity index (χ1v) is 8.88. The highest BCUT2D eigenvalue weighted by Gasteiger charge is 2.43. The summed E-state index contributed by atoms with van der Waals surface area (Å²) in [6, 6.07) is 0. The van der Waals surface area contributed by atoms with Crippen molar-refractivity contribution in [2.45, 2.75) is 70.5 Å². The Bertz CT molecular complexity index is 275. The fourth-order valence-electron chi connectivity index (χ4n) is 3.19. The van der Waals surface area contributed by atoms with E-state index in [2.05, 4.69) is 33.4 Å². The predicted octanol–water partition coefficient (Wildman–Crippen LogP) is 4.94. The topological polar surface area (TPSA) is 35.2 Å². The lowest BCUT2D eigenvalue weighted by atomic mass is 9.57. The minimum Gasteiger partial charge on any atom is -0.381 e. The molecule has 0 atom stereocenters. The summed E-state index contributed by atoms with van der Waals surface area (Å²) in [6.45, 7) is 12.1. The quantitative estimate of drug-likeness (QED) is 0.590. The minimum atomic E-state index is 0.236. The molecule has 2 fully saturated rings. The van der Waals surface area contributed by atoms with Crippen LogP contribution >= 0.6 is 11.9 Å². The Hall–Kier alpha value is 0.01000. The highest BCUT2D eigenvalue weighted by molar-refractivity contribution is 7.98. The molecular weight excluding hydrogens is 266 g/mol. The van der Waals surface area contributed by atoms with E-state index in [4.69, 9.17) is 9.88 Å². The molecule has 1 aliphatic carbocycles. The molecule has 0 unspecified atom stereocenters. The highest BCUT2D eigenvalue weighted by Crippen LogP contribution is 2.53. The number of allylic oxidation sites excluding steroid dienone is 1. The van der Waals surface area contributed by atoms with Gasteiger partial charge in [0.1, 0.15) is 0 Å². The van der Waals surface area contributed by atoms with Crippen molar-refractivity contribution in [2.24, 2.45) is 16.5 Å². The SMILES string of the molecule is C=CCCC1(C2CCOCC2)CCC1.CC(C)(C)SN. The molecule has 0 amide bonds. The van der Waals surface area contributed by atoms with E-state index in [1.165, 1.54) is 56.9 Å². The third kappa shape index (κ3) is 5.79. The third-order valence-corrected chi connectivity index (χ3v) is 5.34. The molecule has 0 aromatic rings. The molecule has 0 aromatic heterocycles. The summed E-state index contributed by atoms with van der Waals surface area (Å²) in [5.41, 5.74) is 0.692. The second-order valence-corrected chi connectivity index (χ2v) is 8.62. The average Bonchev–Trinajstić information content (AvgIpc) is 2.39. The van der Waals surface area contributed by atoms with Crippen LogP contribution in [0.15, 0.2) is 12.7 Å². The van der Waals surface area contributed by atoms with E-state index in [1.807, 2.05) is 0 Å². The lowest BCUT2D eigenvalue weighted by Crippen LogP contribution is -2.40. The van der Waals surface area contributed by atoms with Crippen molar-refractivity contribution in [1.82, 2.24) is 0 Å². The second-order valence-electron chi connectivity index (χ2n) is 7.16. The van der Waals surface area contributed by atoms with Gasteiger partial charge < -0.3 is 4.74 Å². The molecule has 0 bridgehead atoms. The van der Waals surface area contributed by atoms with Gasteiger partial charge in [0.2, 0.25) is 0 Å². The van der Waals surface area contributed by atoms with Gasteiger partial charge in [0.15, 0.2) is 0 Å². The van der Waals surface area contributed by atoms with Gasteiger partial charge in [0.05, 0.1) is 0 Å². The maximum Gasteiger partial charge on any atom is 0.0468 e. The van der Waals surface area contributed by atoms with Crippen molar-refractivity contribution >= 4 is 11.9 Å². The Morgan fingerprint density at radius 1 is 1.30 bits per heavy atom. The number of nitrogens with two attached hydrogens (primary N) is 1. The summed E-state index contributed by atoms with van der Waals surface area (Å²) in [4.78, 5) is 0. The van der Waals surface area contributed by atoms with Gasteiger partial charge in [-0.1, -0.05) is 24.4 Å². The third-order valence-electron chi connectivity index (χ3n) is 4.64. The highest BCUT2D eigenvalue weighted by atomic mass is 32.2. The van der Waals surface area contributed by atoms with Crippen LogP contribution in [0.25, 0.3) is 0 Å². The molecule has 0 spiro atoms. The van der Waals surface area contributed by atoms with E-state index in [0.29, 0.717) is 5.41 Å². The number of ether oxygens (including phenoxy) is 1. The van der Waals surface area contributed by atoms with Gasteiger partial charge in [-0.15, -0.1) is 6.58 Å². The first-order valence-electron chi connectivity index (χ1n) is 8.00. The van der Waals surface area contributed by atoms with Gasteiger partial charge in [0.25, 0.3) is 0 Å². The minimum absolute atomic E-state index is 0.236. The van der Waals surface area contributed by atoms with Gasteiger partial charge in [-0.05, 0) is 70.6 Å². The van der Waals surface area contributed by atoms with Crippen LogP contribution in [-0.2, 0) is 4.74 Å². The van der Waals surface area contributed by atoms with E-state index >= 15 is 0 Å². The van der Waals surface area contributed by atoms with Gasteiger partial charge >= 0.3 is 0 Å².